The van der Waals surface area contributed by atoms with Gasteiger partial charge in [-0.25, -0.2) is 9.37 Å². The van der Waals surface area contributed by atoms with Gasteiger partial charge in [0, 0.05) is 11.1 Å². The van der Waals surface area contributed by atoms with Crippen LogP contribution in [0.1, 0.15) is 11.1 Å². The van der Waals surface area contributed by atoms with Gasteiger partial charge in [0.2, 0.25) is 0 Å². The summed E-state index contributed by atoms with van der Waals surface area (Å²) in [6.45, 7) is 0.256. The zero-order valence-corrected chi connectivity index (χ0v) is 20.3. The summed E-state index contributed by atoms with van der Waals surface area (Å²) in [6.07, 6.45) is 1.65. The second kappa shape index (κ2) is 10.1. The van der Waals surface area contributed by atoms with Crippen molar-refractivity contribution in [2.45, 2.75) is 6.61 Å². The molecule has 1 heterocycles. The minimum atomic E-state index is -0.295. The third-order valence-corrected chi connectivity index (χ3v) is 6.33. The number of hydrogen-bond donors (Lipinski definition) is 0. The van der Waals surface area contributed by atoms with Gasteiger partial charge in [-0.3, -0.25) is 4.79 Å². The van der Waals surface area contributed by atoms with Gasteiger partial charge < -0.3 is 4.74 Å². The van der Waals surface area contributed by atoms with Crippen LogP contribution in [0.15, 0.2) is 125 Å². The molecule has 0 aliphatic heterocycles. The number of rotatable bonds is 6. The minimum absolute atomic E-state index is 0.256. The molecule has 0 N–H and O–H groups in total. The Morgan fingerprint density at radius 1 is 0.789 bits per heavy atom. The van der Waals surface area contributed by atoms with Crippen molar-refractivity contribution in [1.82, 2.24) is 9.66 Å². The summed E-state index contributed by atoms with van der Waals surface area (Å²) < 4.78 is 20.8. The first-order chi connectivity index (χ1) is 18.7. The molecule has 38 heavy (non-hydrogen) atoms. The van der Waals surface area contributed by atoms with Crippen molar-refractivity contribution in [2.24, 2.45) is 5.10 Å². The van der Waals surface area contributed by atoms with Crippen molar-refractivity contribution < 1.29 is 9.13 Å². The van der Waals surface area contributed by atoms with E-state index in [1.807, 2.05) is 84.9 Å². The van der Waals surface area contributed by atoms with Crippen molar-refractivity contribution in [2.75, 3.05) is 0 Å². The predicted octanol–water partition coefficient (Wildman–Crippen LogP) is 6.82. The normalized spacial score (nSPS) is 11.4. The quantitative estimate of drug-likeness (QED) is 0.236. The van der Waals surface area contributed by atoms with Crippen LogP contribution < -0.4 is 10.3 Å². The standard InChI is InChI=1S/C32H22FN3O2/c33-25-17-14-22(15-18-25)21-38-30-19-16-23-8-4-5-11-26(23)28(30)20-34-36-31(24-9-2-1-3-10-24)35-29-13-7-6-12-27(29)32(36)37/h1-20H,21H2. The van der Waals surface area contributed by atoms with Gasteiger partial charge in [-0.1, -0.05) is 84.9 Å². The smallest absolute Gasteiger partial charge is 0.282 e. The molecule has 6 heteroatoms. The number of nitrogens with zero attached hydrogens (tertiary/aromatic N) is 3. The SMILES string of the molecule is O=c1c2ccccc2nc(-c2ccccc2)n1N=Cc1c(OCc2ccc(F)cc2)ccc2ccccc12. The Balaban J connectivity index is 1.48. The highest BCUT2D eigenvalue weighted by atomic mass is 19.1. The summed E-state index contributed by atoms with van der Waals surface area (Å²) in [4.78, 5) is 18.4. The van der Waals surface area contributed by atoms with Crippen molar-refractivity contribution in [1.29, 1.82) is 0 Å². The van der Waals surface area contributed by atoms with E-state index in [0.717, 1.165) is 27.5 Å². The number of ether oxygens (including phenoxy) is 1. The van der Waals surface area contributed by atoms with Crippen LogP contribution in [-0.2, 0) is 6.61 Å². The molecule has 5 nitrogen and oxygen atoms in total. The number of fused-ring (bicyclic) bond motifs is 2. The van der Waals surface area contributed by atoms with E-state index < -0.39 is 0 Å². The van der Waals surface area contributed by atoms with Crippen LogP contribution >= 0.6 is 0 Å². The fraction of sp³-hybridized carbons (Fsp3) is 0.0312. The third kappa shape index (κ3) is 4.55. The number of para-hydroxylation sites is 1. The molecule has 0 fully saturated rings. The number of halogens is 1. The average Bonchev–Trinajstić information content (AvgIpc) is 2.97. The lowest BCUT2D eigenvalue weighted by Crippen LogP contribution is -2.20. The first-order valence-corrected chi connectivity index (χ1v) is 12.2. The summed E-state index contributed by atoms with van der Waals surface area (Å²) in [5, 5.41) is 7.08. The van der Waals surface area contributed by atoms with Crippen LogP contribution in [0.3, 0.4) is 0 Å². The van der Waals surface area contributed by atoms with Crippen LogP contribution in [0, 0.1) is 5.82 Å². The Morgan fingerprint density at radius 2 is 1.50 bits per heavy atom. The van der Waals surface area contributed by atoms with Gasteiger partial charge in [-0.05, 0) is 46.7 Å². The summed E-state index contributed by atoms with van der Waals surface area (Å²) in [7, 11) is 0. The molecule has 1 aromatic heterocycles. The first-order valence-electron chi connectivity index (χ1n) is 12.2. The van der Waals surface area contributed by atoms with Crippen LogP contribution in [0.25, 0.3) is 33.1 Å². The van der Waals surface area contributed by atoms with Crippen LogP contribution in [0.4, 0.5) is 4.39 Å². The van der Waals surface area contributed by atoms with E-state index in [-0.39, 0.29) is 18.0 Å². The maximum absolute atomic E-state index is 13.6. The Hall–Kier alpha value is -5.10. The van der Waals surface area contributed by atoms with E-state index in [1.165, 1.54) is 16.8 Å². The van der Waals surface area contributed by atoms with E-state index in [9.17, 15) is 9.18 Å². The molecule has 184 valence electrons. The summed E-state index contributed by atoms with van der Waals surface area (Å²) >= 11 is 0. The van der Waals surface area contributed by atoms with Crippen molar-refractivity contribution in [3.05, 3.63) is 143 Å². The molecule has 6 rings (SSSR count). The van der Waals surface area contributed by atoms with E-state index in [1.54, 1.807) is 24.4 Å². The lowest BCUT2D eigenvalue weighted by molar-refractivity contribution is 0.306. The lowest BCUT2D eigenvalue weighted by Gasteiger charge is -2.13. The van der Waals surface area contributed by atoms with Crippen molar-refractivity contribution in [3.8, 4) is 17.1 Å². The molecular weight excluding hydrogens is 477 g/mol. The Kier molecular flexibility index (Phi) is 6.20. The number of hydrogen-bond acceptors (Lipinski definition) is 4. The Labute approximate surface area is 218 Å². The first kappa shape index (κ1) is 23.3. The van der Waals surface area contributed by atoms with Gasteiger partial charge >= 0.3 is 0 Å². The fourth-order valence-corrected chi connectivity index (χ4v) is 4.40. The zero-order valence-electron chi connectivity index (χ0n) is 20.3. The highest BCUT2D eigenvalue weighted by Gasteiger charge is 2.13. The molecule has 0 spiro atoms. The Morgan fingerprint density at radius 3 is 2.32 bits per heavy atom. The van der Waals surface area contributed by atoms with E-state index in [2.05, 4.69) is 5.10 Å². The molecule has 0 bridgehead atoms. The zero-order chi connectivity index (χ0) is 25.9. The molecular formula is C32H22FN3O2. The van der Waals surface area contributed by atoms with Crippen LogP contribution in [-0.4, -0.2) is 15.9 Å². The molecule has 6 aromatic rings. The average molecular weight is 500 g/mol. The molecule has 0 atom stereocenters. The summed E-state index contributed by atoms with van der Waals surface area (Å²) in [5.41, 5.74) is 2.68. The fourth-order valence-electron chi connectivity index (χ4n) is 4.40. The van der Waals surface area contributed by atoms with Gasteiger partial charge in [0.25, 0.3) is 5.56 Å². The second-order valence-corrected chi connectivity index (χ2v) is 8.79. The van der Waals surface area contributed by atoms with Crippen molar-refractivity contribution in [3.63, 3.8) is 0 Å². The summed E-state index contributed by atoms with van der Waals surface area (Å²) in [6, 6.07) is 34.7. The molecule has 0 aliphatic rings. The van der Waals surface area contributed by atoms with Gasteiger partial charge in [0.1, 0.15) is 18.2 Å². The van der Waals surface area contributed by atoms with Crippen LogP contribution in [0.2, 0.25) is 0 Å². The monoisotopic (exact) mass is 499 g/mol. The number of benzene rings is 5. The van der Waals surface area contributed by atoms with Crippen LogP contribution in [0.5, 0.6) is 5.75 Å². The molecule has 0 saturated carbocycles. The van der Waals surface area contributed by atoms with Gasteiger partial charge in [-0.15, -0.1) is 0 Å². The van der Waals surface area contributed by atoms with E-state index in [0.29, 0.717) is 22.5 Å². The van der Waals surface area contributed by atoms with E-state index >= 15 is 0 Å². The summed E-state index contributed by atoms with van der Waals surface area (Å²) in [5.74, 6) is 0.746. The van der Waals surface area contributed by atoms with Gasteiger partial charge in [0.05, 0.1) is 17.1 Å². The minimum Gasteiger partial charge on any atom is -0.488 e. The highest BCUT2D eigenvalue weighted by molar-refractivity contribution is 6.02. The molecule has 5 aromatic carbocycles. The molecule has 0 amide bonds. The molecule has 0 unspecified atom stereocenters. The molecule has 0 aliphatic carbocycles. The number of aromatic nitrogens is 2. The maximum Gasteiger partial charge on any atom is 0.282 e. The lowest BCUT2D eigenvalue weighted by atomic mass is 10.0. The van der Waals surface area contributed by atoms with Gasteiger partial charge in [0.15, 0.2) is 5.82 Å². The third-order valence-electron chi connectivity index (χ3n) is 6.33. The maximum atomic E-state index is 13.6. The largest absolute Gasteiger partial charge is 0.488 e. The molecule has 0 radical (unpaired) electrons. The topological polar surface area (TPSA) is 56.5 Å². The van der Waals surface area contributed by atoms with Gasteiger partial charge in [-0.2, -0.15) is 9.78 Å². The van der Waals surface area contributed by atoms with E-state index in [4.69, 9.17) is 9.72 Å². The highest BCUT2D eigenvalue weighted by Crippen LogP contribution is 2.28. The second-order valence-electron chi connectivity index (χ2n) is 8.79. The molecule has 0 saturated heterocycles. The van der Waals surface area contributed by atoms with Crippen molar-refractivity contribution >= 4 is 27.9 Å². The predicted molar refractivity (Wildman–Crippen MR) is 149 cm³/mol. The Bertz CT molecular complexity index is 1850.